The molecule has 0 fully saturated rings. The molecule has 6 nitrogen and oxygen atoms in total. The smallest absolute Gasteiger partial charge is 0.254 e. The summed E-state index contributed by atoms with van der Waals surface area (Å²) in [5, 5.41) is 9.65. The molecule has 0 aliphatic carbocycles. The van der Waals surface area contributed by atoms with Crippen molar-refractivity contribution in [2.45, 2.75) is 19.4 Å². The van der Waals surface area contributed by atoms with Gasteiger partial charge in [0.05, 0.1) is 17.8 Å². The molecule has 2 aromatic carbocycles. The molecule has 0 saturated heterocycles. The van der Waals surface area contributed by atoms with Crippen LogP contribution in [0, 0.1) is 5.82 Å². The number of anilines is 1. The summed E-state index contributed by atoms with van der Waals surface area (Å²) in [4.78, 5) is 24.2. The lowest BCUT2D eigenvalue weighted by molar-refractivity contribution is -0.116. The molecule has 1 heterocycles. The quantitative estimate of drug-likeness (QED) is 0.660. The van der Waals surface area contributed by atoms with Crippen LogP contribution in [0.3, 0.4) is 0 Å². The van der Waals surface area contributed by atoms with Crippen molar-refractivity contribution >= 4 is 17.6 Å². The maximum Gasteiger partial charge on any atom is 0.254 e. The Morgan fingerprint density at radius 1 is 1.07 bits per heavy atom. The van der Waals surface area contributed by atoms with Gasteiger partial charge in [0.1, 0.15) is 11.6 Å². The highest BCUT2D eigenvalue weighted by molar-refractivity contribution is 5.95. The van der Waals surface area contributed by atoms with E-state index in [0.717, 1.165) is 5.56 Å². The molecule has 1 aromatic heterocycles. The molecule has 2 amide bonds. The molecule has 1 unspecified atom stereocenters. The molecule has 144 valence electrons. The lowest BCUT2D eigenvalue weighted by Crippen LogP contribution is -2.28. The molecule has 3 rings (SSSR count). The fraction of sp³-hybridized carbons (Fsp3) is 0.190. The largest absolute Gasteiger partial charge is 0.351 e. The van der Waals surface area contributed by atoms with Crippen LogP contribution in [0.1, 0.15) is 35.3 Å². The monoisotopic (exact) mass is 380 g/mol. The Balaban J connectivity index is 1.54. The second-order valence-electron chi connectivity index (χ2n) is 6.28. The van der Waals surface area contributed by atoms with Crippen LogP contribution in [-0.2, 0) is 4.79 Å². The first kappa shape index (κ1) is 19.3. The third-order valence-corrected chi connectivity index (χ3v) is 4.34. The second-order valence-corrected chi connectivity index (χ2v) is 6.28. The number of rotatable bonds is 7. The van der Waals surface area contributed by atoms with Gasteiger partial charge in [-0.3, -0.25) is 9.59 Å². The van der Waals surface area contributed by atoms with Gasteiger partial charge in [0.2, 0.25) is 5.91 Å². The number of nitrogens with zero attached hydrogens (tertiary/aromatic N) is 2. The zero-order valence-electron chi connectivity index (χ0n) is 15.4. The van der Waals surface area contributed by atoms with Gasteiger partial charge in [-0.05, 0) is 24.6 Å². The van der Waals surface area contributed by atoms with E-state index in [4.69, 9.17) is 0 Å². The molecule has 0 spiro atoms. The Bertz CT molecular complexity index is 956. The van der Waals surface area contributed by atoms with Gasteiger partial charge in [-0.1, -0.05) is 42.5 Å². The first-order chi connectivity index (χ1) is 13.6. The lowest BCUT2D eigenvalue weighted by atomic mass is 10.1. The summed E-state index contributed by atoms with van der Waals surface area (Å²) < 4.78 is 15.3. The number of amides is 2. The van der Waals surface area contributed by atoms with Crippen molar-refractivity contribution < 1.29 is 14.0 Å². The minimum absolute atomic E-state index is 0.0438. The Hall–Kier alpha value is -3.48. The predicted octanol–water partition coefficient (Wildman–Crippen LogP) is 3.39. The van der Waals surface area contributed by atoms with Crippen molar-refractivity contribution in [3.63, 3.8) is 0 Å². The summed E-state index contributed by atoms with van der Waals surface area (Å²) in [5.41, 5.74) is 1.02. The van der Waals surface area contributed by atoms with Gasteiger partial charge in [0.25, 0.3) is 5.91 Å². The van der Waals surface area contributed by atoms with Crippen molar-refractivity contribution in [2.75, 3.05) is 11.9 Å². The maximum absolute atomic E-state index is 13.6. The Kier molecular flexibility index (Phi) is 6.16. The normalized spacial score (nSPS) is 11.6. The minimum Gasteiger partial charge on any atom is -0.351 e. The van der Waals surface area contributed by atoms with Crippen LogP contribution < -0.4 is 10.6 Å². The molecule has 3 aromatic rings. The number of halogens is 1. The van der Waals surface area contributed by atoms with E-state index in [1.165, 1.54) is 18.2 Å². The fourth-order valence-corrected chi connectivity index (χ4v) is 2.83. The molecule has 7 heteroatoms. The van der Waals surface area contributed by atoms with Gasteiger partial charge < -0.3 is 10.6 Å². The van der Waals surface area contributed by atoms with Crippen LogP contribution in [0.2, 0.25) is 0 Å². The molecule has 0 saturated carbocycles. The zero-order chi connectivity index (χ0) is 19.9. The Morgan fingerprint density at radius 2 is 1.79 bits per heavy atom. The van der Waals surface area contributed by atoms with Gasteiger partial charge in [-0.15, -0.1) is 0 Å². The summed E-state index contributed by atoms with van der Waals surface area (Å²) in [5.74, 6) is -0.838. The van der Waals surface area contributed by atoms with Crippen molar-refractivity contribution in [3.05, 3.63) is 83.8 Å². The number of carbonyl (C=O) groups excluding carboxylic acids is 2. The SMILES string of the molecule is CC(c1ccccc1)n1nccc1NC(=O)CCNC(=O)c1ccccc1F. The zero-order valence-corrected chi connectivity index (χ0v) is 15.4. The molecule has 28 heavy (non-hydrogen) atoms. The van der Waals surface area contributed by atoms with E-state index in [1.807, 2.05) is 37.3 Å². The number of nitrogens with one attached hydrogen (secondary N) is 2. The van der Waals surface area contributed by atoms with Crippen molar-refractivity contribution in [1.82, 2.24) is 15.1 Å². The Morgan fingerprint density at radius 3 is 2.54 bits per heavy atom. The first-order valence-electron chi connectivity index (χ1n) is 8.97. The summed E-state index contributed by atoms with van der Waals surface area (Å²) in [6.07, 6.45) is 1.68. The predicted molar refractivity (Wildman–Crippen MR) is 104 cm³/mol. The number of hydrogen-bond acceptors (Lipinski definition) is 3. The molecular formula is C21H21FN4O2. The van der Waals surface area contributed by atoms with E-state index < -0.39 is 11.7 Å². The topological polar surface area (TPSA) is 76.0 Å². The maximum atomic E-state index is 13.6. The van der Waals surface area contributed by atoms with Crippen molar-refractivity contribution in [2.24, 2.45) is 0 Å². The van der Waals surface area contributed by atoms with Crippen LogP contribution in [0.25, 0.3) is 0 Å². The van der Waals surface area contributed by atoms with Gasteiger partial charge >= 0.3 is 0 Å². The van der Waals surface area contributed by atoms with Crippen molar-refractivity contribution in [1.29, 1.82) is 0 Å². The molecule has 0 bridgehead atoms. The molecule has 0 aliphatic heterocycles. The van der Waals surface area contributed by atoms with Gasteiger partial charge in [-0.25, -0.2) is 9.07 Å². The standard InChI is InChI=1S/C21H21FN4O2/c1-15(16-7-3-2-4-8-16)26-19(11-14-24-26)25-20(27)12-13-23-21(28)17-9-5-6-10-18(17)22/h2-11,14-15H,12-13H2,1H3,(H,23,28)(H,25,27). The van der Waals surface area contributed by atoms with Crippen LogP contribution in [-0.4, -0.2) is 28.1 Å². The summed E-state index contributed by atoms with van der Waals surface area (Å²) in [6, 6.07) is 17.2. The van der Waals surface area contributed by atoms with Gasteiger partial charge in [-0.2, -0.15) is 5.10 Å². The van der Waals surface area contributed by atoms with E-state index in [0.29, 0.717) is 5.82 Å². The first-order valence-corrected chi connectivity index (χ1v) is 8.97. The van der Waals surface area contributed by atoms with Crippen LogP contribution in [0.15, 0.2) is 66.9 Å². The number of hydrogen-bond donors (Lipinski definition) is 2. The number of aromatic nitrogens is 2. The van der Waals surface area contributed by atoms with Crippen LogP contribution in [0.5, 0.6) is 0 Å². The average Bonchev–Trinajstić information content (AvgIpc) is 3.16. The van der Waals surface area contributed by atoms with Crippen molar-refractivity contribution in [3.8, 4) is 0 Å². The van der Waals surface area contributed by atoms with Crippen LogP contribution >= 0.6 is 0 Å². The van der Waals surface area contributed by atoms with Gasteiger partial charge in [0, 0.05) is 19.0 Å². The lowest BCUT2D eigenvalue weighted by Gasteiger charge is -2.16. The molecule has 2 N–H and O–H groups in total. The van der Waals surface area contributed by atoms with E-state index in [9.17, 15) is 14.0 Å². The van der Waals surface area contributed by atoms with E-state index >= 15 is 0 Å². The Labute approximate surface area is 162 Å². The molecule has 1 atom stereocenters. The second kappa shape index (κ2) is 8.94. The highest BCUT2D eigenvalue weighted by Gasteiger charge is 2.15. The molecular weight excluding hydrogens is 359 g/mol. The highest BCUT2D eigenvalue weighted by Crippen LogP contribution is 2.21. The minimum atomic E-state index is -0.594. The average molecular weight is 380 g/mol. The summed E-state index contributed by atoms with van der Waals surface area (Å²) in [6.45, 7) is 2.09. The number of benzene rings is 2. The summed E-state index contributed by atoms with van der Waals surface area (Å²) >= 11 is 0. The highest BCUT2D eigenvalue weighted by atomic mass is 19.1. The molecule has 0 aliphatic rings. The number of carbonyl (C=O) groups is 2. The van der Waals surface area contributed by atoms with E-state index in [2.05, 4.69) is 15.7 Å². The van der Waals surface area contributed by atoms with E-state index in [-0.39, 0.29) is 30.5 Å². The fourth-order valence-electron chi connectivity index (χ4n) is 2.83. The van der Waals surface area contributed by atoms with Crippen LogP contribution in [0.4, 0.5) is 10.2 Å². The van der Waals surface area contributed by atoms with E-state index in [1.54, 1.807) is 23.0 Å². The summed E-state index contributed by atoms with van der Waals surface area (Å²) in [7, 11) is 0. The third-order valence-electron chi connectivity index (χ3n) is 4.34. The van der Waals surface area contributed by atoms with Gasteiger partial charge in [0.15, 0.2) is 0 Å². The third kappa shape index (κ3) is 4.62. The molecule has 0 radical (unpaired) electrons.